The predicted octanol–water partition coefficient (Wildman–Crippen LogP) is 1.38. The maximum absolute atomic E-state index is 11.4. The first-order valence-corrected chi connectivity index (χ1v) is 6.21. The summed E-state index contributed by atoms with van der Waals surface area (Å²) in [5.41, 5.74) is 0. The number of rotatable bonds is 3. The van der Waals surface area contributed by atoms with Crippen LogP contribution < -0.4 is 5.32 Å². The van der Waals surface area contributed by atoms with Gasteiger partial charge in [0.2, 0.25) is 0 Å². The van der Waals surface area contributed by atoms with Gasteiger partial charge in [0.05, 0.1) is 0 Å². The van der Waals surface area contributed by atoms with Crippen molar-refractivity contribution in [2.45, 2.75) is 32.7 Å². The molecule has 4 nitrogen and oxygen atoms in total. The third-order valence-corrected chi connectivity index (χ3v) is 3.24. The molecule has 0 aliphatic carbocycles. The number of hydrogen-bond donors (Lipinski definition) is 1. The fourth-order valence-corrected chi connectivity index (χ4v) is 2.39. The van der Waals surface area contributed by atoms with Gasteiger partial charge < -0.3 is 15.1 Å². The molecule has 1 rings (SSSR count). The summed E-state index contributed by atoms with van der Waals surface area (Å²) in [6.45, 7) is 7.40. The van der Waals surface area contributed by atoms with Crippen molar-refractivity contribution < 1.29 is 4.79 Å². The zero-order valence-corrected chi connectivity index (χ0v) is 11.0. The number of carbonyl (C=O) groups is 1. The van der Waals surface area contributed by atoms with Gasteiger partial charge in [0, 0.05) is 32.7 Å². The van der Waals surface area contributed by atoms with Crippen LogP contribution in [0.15, 0.2) is 0 Å². The number of piperidine rings is 1. The molecule has 1 aliphatic heterocycles. The molecule has 1 saturated heterocycles. The number of carbonyl (C=O) groups excluding carboxylic acids is 1. The zero-order chi connectivity index (χ0) is 12.1. The molecule has 0 bridgehead atoms. The second kappa shape index (κ2) is 6.09. The molecule has 0 aromatic rings. The first-order valence-electron chi connectivity index (χ1n) is 6.21. The molecular formula is C12H25N3O. The molecule has 16 heavy (non-hydrogen) atoms. The molecular weight excluding hydrogens is 202 g/mol. The summed E-state index contributed by atoms with van der Waals surface area (Å²) >= 11 is 0. The average Bonchev–Trinajstić information content (AvgIpc) is 2.27. The molecule has 0 aromatic carbocycles. The molecule has 0 aromatic heterocycles. The van der Waals surface area contributed by atoms with Crippen molar-refractivity contribution in [2.24, 2.45) is 5.92 Å². The maximum Gasteiger partial charge on any atom is 0.317 e. The van der Waals surface area contributed by atoms with E-state index in [1.165, 1.54) is 0 Å². The Balaban J connectivity index is 2.34. The van der Waals surface area contributed by atoms with Crippen LogP contribution in [0.4, 0.5) is 4.79 Å². The number of nitrogens with zero attached hydrogens (tertiary/aromatic N) is 2. The van der Waals surface area contributed by atoms with E-state index in [0.29, 0.717) is 12.0 Å². The fraction of sp³-hybridized carbons (Fsp3) is 0.917. The first kappa shape index (κ1) is 13.3. The Morgan fingerprint density at radius 1 is 1.44 bits per heavy atom. The monoisotopic (exact) mass is 227 g/mol. The highest BCUT2D eigenvalue weighted by atomic mass is 16.2. The van der Waals surface area contributed by atoms with Crippen LogP contribution in [0.2, 0.25) is 0 Å². The minimum absolute atomic E-state index is 0.0602. The van der Waals surface area contributed by atoms with E-state index in [9.17, 15) is 4.79 Å². The SMILES string of the molecule is CNC(=O)N1CCC(N(C)CC(C)C)CC1. The van der Waals surface area contributed by atoms with Gasteiger partial charge in [-0.05, 0) is 25.8 Å². The van der Waals surface area contributed by atoms with E-state index in [4.69, 9.17) is 0 Å². The molecule has 0 saturated carbocycles. The van der Waals surface area contributed by atoms with Gasteiger partial charge in [-0.25, -0.2) is 4.79 Å². The maximum atomic E-state index is 11.4. The van der Waals surface area contributed by atoms with Crippen molar-refractivity contribution in [1.29, 1.82) is 0 Å². The van der Waals surface area contributed by atoms with Gasteiger partial charge in [-0.15, -0.1) is 0 Å². The van der Waals surface area contributed by atoms with Crippen LogP contribution >= 0.6 is 0 Å². The Hall–Kier alpha value is -0.770. The fourth-order valence-electron chi connectivity index (χ4n) is 2.39. The summed E-state index contributed by atoms with van der Waals surface area (Å²) in [5, 5.41) is 2.68. The lowest BCUT2D eigenvalue weighted by Crippen LogP contribution is -2.48. The van der Waals surface area contributed by atoms with E-state index in [1.54, 1.807) is 7.05 Å². The van der Waals surface area contributed by atoms with Gasteiger partial charge in [-0.2, -0.15) is 0 Å². The molecule has 0 radical (unpaired) electrons. The Morgan fingerprint density at radius 3 is 2.44 bits per heavy atom. The summed E-state index contributed by atoms with van der Waals surface area (Å²) < 4.78 is 0. The first-order chi connectivity index (χ1) is 7.54. The second-order valence-corrected chi connectivity index (χ2v) is 5.11. The number of nitrogens with one attached hydrogen (secondary N) is 1. The van der Waals surface area contributed by atoms with E-state index in [2.05, 4.69) is 31.1 Å². The molecule has 1 fully saturated rings. The summed E-state index contributed by atoms with van der Waals surface area (Å²) in [6.07, 6.45) is 2.19. The van der Waals surface area contributed by atoms with Gasteiger partial charge in [-0.1, -0.05) is 13.8 Å². The lowest BCUT2D eigenvalue weighted by molar-refractivity contribution is 0.128. The molecule has 0 spiro atoms. The smallest absolute Gasteiger partial charge is 0.317 e. The van der Waals surface area contributed by atoms with Crippen molar-refractivity contribution in [3.8, 4) is 0 Å². The predicted molar refractivity (Wildman–Crippen MR) is 66.5 cm³/mol. The Morgan fingerprint density at radius 2 is 2.00 bits per heavy atom. The summed E-state index contributed by atoms with van der Waals surface area (Å²) in [4.78, 5) is 15.8. The van der Waals surface area contributed by atoms with E-state index < -0.39 is 0 Å². The quantitative estimate of drug-likeness (QED) is 0.790. The van der Waals surface area contributed by atoms with Crippen molar-refractivity contribution in [3.63, 3.8) is 0 Å². The van der Waals surface area contributed by atoms with Gasteiger partial charge in [0.15, 0.2) is 0 Å². The standard InChI is InChI=1S/C12H25N3O/c1-10(2)9-14(4)11-5-7-15(8-6-11)12(16)13-3/h10-11H,5-9H2,1-4H3,(H,13,16). The van der Waals surface area contributed by atoms with Gasteiger partial charge in [0.25, 0.3) is 0 Å². The minimum Gasteiger partial charge on any atom is -0.341 e. The Kier molecular flexibility index (Phi) is 5.06. The number of amides is 2. The average molecular weight is 227 g/mol. The number of hydrogen-bond acceptors (Lipinski definition) is 2. The summed E-state index contributed by atoms with van der Waals surface area (Å²) in [7, 11) is 3.89. The highest BCUT2D eigenvalue weighted by Gasteiger charge is 2.24. The topological polar surface area (TPSA) is 35.6 Å². The third-order valence-electron chi connectivity index (χ3n) is 3.24. The van der Waals surface area contributed by atoms with Crippen LogP contribution in [-0.4, -0.2) is 55.6 Å². The van der Waals surface area contributed by atoms with E-state index in [1.807, 2.05) is 4.90 Å². The third kappa shape index (κ3) is 3.67. The van der Waals surface area contributed by atoms with E-state index >= 15 is 0 Å². The van der Waals surface area contributed by atoms with Crippen LogP contribution in [0, 0.1) is 5.92 Å². The number of likely N-dealkylation sites (tertiary alicyclic amines) is 1. The lowest BCUT2D eigenvalue weighted by Gasteiger charge is -2.37. The van der Waals surface area contributed by atoms with Crippen LogP contribution in [-0.2, 0) is 0 Å². The molecule has 1 heterocycles. The molecule has 0 atom stereocenters. The number of urea groups is 1. The van der Waals surface area contributed by atoms with Crippen LogP contribution in [0.1, 0.15) is 26.7 Å². The molecule has 4 heteroatoms. The van der Waals surface area contributed by atoms with Gasteiger partial charge in [0.1, 0.15) is 0 Å². The van der Waals surface area contributed by atoms with Crippen LogP contribution in [0.25, 0.3) is 0 Å². The summed E-state index contributed by atoms with van der Waals surface area (Å²) in [5.74, 6) is 0.710. The van der Waals surface area contributed by atoms with E-state index in [0.717, 1.165) is 32.5 Å². The molecule has 1 N–H and O–H groups in total. The van der Waals surface area contributed by atoms with Crippen molar-refractivity contribution in [3.05, 3.63) is 0 Å². The highest BCUT2D eigenvalue weighted by molar-refractivity contribution is 5.73. The molecule has 2 amide bonds. The minimum atomic E-state index is 0.0602. The molecule has 1 aliphatic rings. The van der Waals surface area contributed by atoms with Crippen molar-refractivity contribution in [1.82, 2.24) is 15.1 Å². The van der Waals surface area contributed by atoms with Crippen molar-refractivity contribution in [2.75, 3.05) is 33.7 Å². The molecule has 94 valence electrons. The van der Waals surface area contributed by atoms with Gasteiger partial charge in [-0.3, -0.25) is 0 Å². The normalized spacial score (nSPS) is 18.2. The summed E-state index contributed by atoms with van der Waals surface area (Å²) in [6, 6.07) is 0.702. The largest absolute Gasteiger partial charge is 0.341 e. The Bertz CT molecular complexity index is 222. The zero-order valence-electron chi connectivity index (χ0n) is 11.0. The van der Waals surface area contributed by atoms with E-state index in [-0.39, 0.29) is 6.03 Å². The highest BCUT2D eigenvalue weighted by Crippen LogP contribution is 2.16. The lowest BCUT2D eigenvalue weighted by atomic mass is 10.0. The van der Waals surface area contributed by atoms with Crippen LogP contribution in [0.3, 0.4) is 0 Å². The Labute approximate surface area is 99.0 Å². The second-order valence-electron chi connectivity index (χ2n) is 5.11. The van der Waals surface area contributed by atoms with Crippen molar-refractivity contribution >= 4 is 6.03 Å². The van der Waals surface area contributed by atoms with Gasteiger partial charge >= 0.3 is 6.03 Å². The van der Waals surface area contributed by atoms with Crippen LogP contribution in [0.5, 0.6) is 0 Å². The molecule has 0 unspecified atom stereocenters.